The fourth-order valence-electron chi connectivity index (χ4n) is 2.54. The Balaban J connectivity index is 1.86. The zero-order valence-electron chi connectivity index (χ0n) is 9.80. The van der Waals surface area contributed by atoms with Gasteiger partial charge >= 0.3 is 0 Å². The number of nitrogens with two attached hydrogens (primary N) is 1. The largest absolute Gasteiger partial charge is 0.348 e. The van der Waals surface area contributed by atoms with Crippen molar-refractivity contribution in [2.75, 3.05) is 0 Å². The first-order chi connectivity index (χ1) is 8.33. The van der Waals surface area contributed by atoms with E-state index in [9.17, 15) is 0 Å². The average molecular weight is 247 g/mol. The van der Waals surface area contributed by atoms with Gasteiger partial charge in [-0.1, -0.05) is 6.42 Å². The Morgan fingerprint density at radius 2 is 2.35 bits per heavy atom. The molecule has 0 aromatic carbocycles. The van der Waals surface area contributed by atoms with Gasteiger partial charge in [0.05, 0.1) is 12.1 Å². The molecule has 90 valence electrons. The molecule has 3 nitrogen and oxygen atoms in total. The highest BCUT2D eigenvalue weighted by Gasteiger charge is 2.17. The average Bonchev–Trinajstić information content (AvgIpc) is 2.92. The van der Waals surface area contributed by atoms with Crippen molar-refractivity contribution in [1.82, 2.24) is 9.55 Å². The van der Waals surface area contributed by atoms with Crippen LogP contribution in [0.4, 0.5) is 0 Å². The van der Waals surface area contributed by atoms with Crippen molar-refractivity contribution in [3.63, 3.8) is 0 Å². The molecular formula is C13H17N3S. The lowest BCUT2D eigenvalue weighted by Crippen LogP contribution is -2.09. The van der Waals surface area contributed by atoms with Gasteiger partial charge in [-0.05, 0) is 30.4 Å². The van der Waals surface area contributed by atoms with E-state index in [-0.39, 0.29) is 6.04 Å². The fourth-order valence-corrected chi connectivity index (χ4v) is 3.15. The molecule has 0 fully saturated rings. The summed E-state index contributed by atoms with van der Waals surface area (Å²) in [6.45, 7) is 0.921. The van der Waals surface area contributed by atoms with Gasteiger partial charge < -0.3 is 10.3 Å². The van der Waals surface area contributed by atoms with Gasteiger partial charge in [0.25, 0.3) is 0 Å². The van der Waals surface area contributed by atoms with Crippen molar-refractivity contribution in [2.45, 2.75) is 38.3 Å². The highest BCUT2D eigenvalue weighted by molar-refractivity contribution is 7.09. The molecule has 1 atom stereocenters. The minimum Gasteiger partial charge on any atom is -0.348 e. The topological polar surface area (TPSA) is 43.8 Å². The van der Waals surface area contributed by atoms with Gasteiger partial charge in [0, 0.05) is 29.5 Å². The van der Waals surface area contributed by atoms with Crippen LogP contribution in [0.1, 0.15) is 41.3 Å². The molecule has 17 heavy (non-hydrogen) atoms. The van der Waals surface area contributed by atoms with Gasteiger partial charge in [-0.3, -0.25) is 4.98 Å². The van der Waals surface area contributed by atoms with Gasteiger partial charge in [0.1, 0.15) is 0 Å². The van der Waals surface area contributed by atoms with Crippen molar-refractivity contribution in [2.24, 2.45) is 5.73 Å². The summed E-state index contributed by atoms with van der Waals surface area (Å²) in [5, 5.41) is 0. The molecule has 3 rings (SSSR count). The Morgan fingerprint density at radius 3 is 3.18 bits per heavy atom. The summed E-state index contributed by atoms with van der Waals surface area (Å²) in [6.07, 6.45) is 11.3. The fraction of sp³-hybridized carbons (Fsp3) is 0.462. The van der Waals surface area contributed by atoms with E-state index in [4.69, 9.17) is 5.73 Å². The summed E-state index contributed by atoms with van der Waals surface area (Å²) < 4.78 is 2.25. The molecule has 0 aliphatic heterocycles. The smallest absolute Gasteiger partial charge is 0.0794 e. The third-order valence-corrected chi connectivity index (χ3v) is 4.19. The van der Waals surface area contributed by atoms with E-state index in [1.54, 1.807) is 11.3 Å². The molecule has 2 heterocycles. The number of aromatic nitrogens is 2. The van der Waals surface area contributed by atoms with E-state index in [2.05, 4.69) is 21.9 Å². The lowest BCUT2D eigenvalue weighted by molar-refractivity contribution is 0.610. The van der Waals surface area contributed by atoms with Crippen LogP contribution in [0.25, 0.3) is 0 Å². The van der Waals surface area contributed by atoms with Crippen LogP contribution in [-0.2, 0) is 13.0 Å². The zero-order valence-corrected chi connectivity index (χ0v) is 10.6. The van der Waals surface area contributed by atoms with Crippen LogP contribution < -0.4 is 5.73 Å². The second-order valence-electron chi connectivity index (χ2n) is 4.73. The molecule has 1 aliphatic rings. The van der Waals surface area contributed by atoms with E-state index in [0.717, 1.165) is 13.0 Å². The predicted octanol–water partition coefficient (Wildman–Crippen LogP) is 2.72. The van der Waals surface area contributed by atoms with Gasteiger partial charge in [0.2, 0.25) is 0 Å². The predicted molar refractivity (Wildman–Crippen MR) is 70.1 cm³/mol. The molecule has 1 unspecified atom stereocenters. The standard InChI is InChI=1S/C13H17N3S/c14-13-4-2-1-3-10-6-16(8-12(10)13)7-11-5-15-9-17-11/h5-6,8-9,13H,1-4,7,14H2. The molecule has 2 aromatic rings. The molecule has 0 spiro atoms. The number of rotatable bonds is 2. The quantitative estimate of drug-likeness (QED) is 0.829. The minimum absolute atomic E-state index is 0.232. The number of hydrogen-bond acceptors (Lipinski definition) is 3. The van der Waals surface area contributed by atoms with Gasteiger partial charge in [0.15, 0.2) is 0 Å². The number of thiazole rings is 1. The maximum Gasteiger partial charge on any atom is 0.0794 e. The highest BCUT2D eigenvalue weighted by atomic mass is 32.1. The van der Waals surface area contributed by atoms with Crippen LogP contribution in [0.15, 0.2) is 24.1 Å². The van der Waals surface area contributed by atoms with E-state index in [1.807, 2.05) is 11.7 Å². The SMILES string of the molecule is NC1CCCCc2cn(Cc3cncs3)cc21. The van der Waals surface area contributed by atoms with Crippen LogP contribution >= 0.6 is 11.3 Å². The first-order valence-electron chi connectivity index (χ1n) is 6.14. The van der Waals surface area contributed by atoms with Crippen LogP contribution in [0.3, 0.4) is 0 Å². The molecule has 0 saturated carbocycles. The van der Waals surface area contributed by atoms with Crippen LogP contribution in [0.2, 0.25) is 0 Å². The molecule has 0 bridgehead atoms. The number of nitrogens with zero attached hydrogens (tertiary/aromatic N) is 2. The highest BCUT2D eigenvalue weighted by Crippen LogP contribution is 2.28. The third kappa shape index (κ3) is 2.28. The van der Waals surface area contributed by atoms with Crippen molar-refractivity contribution in [3.8, 4) is 0 Å². The lowest BCUT2D eigenvalue weighted by Gasteiger charge is -2.07. The zero-order chi connectivity index (χ0) is 11.7. The second kappa shape index (κ2) is 4.63. The summed E-state index contributed by atoms with van der Waals surface area (Å²) in [5.41, 5.74) is 10.9. The molecular weight excluding hydrogens is 230 g/mol. The molecule has 0 radical (unpaired) electrons. The summed E-state index contributed by atoms with van der Waals surface area (Å²) in [4.78, 5) is 5.41. The van der Waals surface area contributed by atoms with E-state index < -0.39 is 0 Å². The monoisotopic (exact) mass is 247 g/mol. The summed E-state index contributed by atoms with van der Waals surface area (Å²) in [5.74, 6) is 0. The summed E-state index contributed by atoms with van der Waals surface area (Å²) in [7, 11) is 0. The van der Waals surface area contributed by atoms with Crippen LogP contribution in [-0.4, -0.2) is 9.55 Å². The molecule has 1 aliphatic carbocycles. The van der Waals surface area contributed by atoms with Crippen molar-refractivity contribution in [1.29, 1.82) is 0 Å². The van der Waals surface area contributed by atoms with Crippen molar-refractivity contribution < 1.29 is 0 Å². The Morgan fingerprint density at radius 1 is 1.41 bits per heavy atom. The molecule has 2 aromatic heterocycles. The van der Waals surface area contributed by atoms with Crippen molar-refractivity contribution in [3.05, 3.63) is 40.1 Å². The normalized spacial score (nSPS) is 19.9. The Labute approximate surface area is 105 Å². The Kier molecular flexibility index (Phi) is 2.99. The van der Waals surface area contributed by atoms with Gasteiger partial charge in [-0.2, -0.15) is 0 Å². The summed E-state index contributed by atoms with van der Waals surface area (Å²) >= 11 is 1.71. The summed E-state index contributed by atoms with van der Waals surface area (Å²) in [6, 6.07) is 0.232. The first kappa shape index (κ1) is 11.0. The van der Waals surface area contributed by atoms with Gasteiger partial charge in [-0.25, -0.2) is 0 Å². The number of aryl methyl sites for hydroxylation is 1. The number of hydrogen-bond donors (Lipinski definition) is 1. The lowest BCUT2D eigenvalue weighted by atomic mass is 10.1. The Hall–Kier alpha value is -1.13. The van der Waals surface area contributed by atoms with Crippen molar-refractivity contribution >= 4 is 11.3 Å². The molecule has 4 heteroatoms. The number of fused-ring (bicyclic) bond motifs is 1. The molecule has 0 saturated heterocycles. The maximum absolute atomic E-state index is 6.21. The van der Waals surface area contributed by atoms with E-state index >= 15 is 0 Å². The maximum atomic E-state index is 6.21. The molecule has 2 N–H and O–H groups in total. The Bertz CT molecular complexity index is 487. The van der Waals surface area contributed by atoms with E-state index in [1.165, 1.54) is 35.3 Å². The second-order valence-corrected chi connectivity index (χ2v) is 5.70. The van der Waals surface area contributed by atoms with Crippen LogP contribution in [0.5, 0.6) is 0 Å². The van der Waals surface area contributed by atoms with Gasteiger partial charge in [-0.15, -0.1) is 11.3 Å². The third-order valence-electron chi connectivity index (χ3n) is 3.43. The van der Waals surface area contributed by atoms with E-state index in [0.29, 0.717) is 0 Å². The molecule has 0 amide bonds. The minimum atomic E-state index is 0.232. The first-order valence-corrected chi connectivity index (χ1v) is 7.02. The van der Waals surface area contributed by atoms with Crippen LogP contribution in [0, 0.1) is 0 Å².